The molecule has 0 unspecified atom stereocenters. The third-order valence-electron chi connectivity index (χ3n) is 2.64. The third kappa shape index (κ3) is 7.16. The van der Waals surface area contributed by atoms with Crippen LogP contribution in [0, 0.1) is 0 Å². The van der Waals surface area contributed by atoms with Gasteiger partial charge < -0.3 is 15.0 Å². The molecular formula is C15H22BrClN2O2. The van der Waals surface area contributed by atoms with Gasteiger partial charge in [-0.3, -0.25) is 0 Å². The Morgan fingerprint density at radius 1 is 1.43 bits per heavy atom. The zero-order valence-electron chi connectivity index (χ0n) is 12.9. The van der Waals surface area contributed by atoms with E-state index in [0.29, 0.717) is 24.7 Å². The molecule has 0 saturated carbocycles. The van der Waals surface area contributed by atoms with E-state index in [4.69, 9.17) is 16.3 Å². The second-order valence-electron chi connectivity index (χ2n) is 5.83. The number of rotatable bonds is 5. The molecule has 0 aliphatic rings. The van der Waals surface area contributed by atoms with Crippen LogP contribution >= 0.6 is 27.5 Å². The van der Waals surface area contributed by atoms with E-state index in [1.165, 1.54) is 0 Å². The summed E-state index contributed by atoms with van der Waals surface area (Å²) in [5, 5.41) is 3.97. The van der Waals surface area contributed by atoms with Crippen LogP contribution in [0.2, 0.25) is 5.02 Å². The summed E-state index contributed by atoms with van der Waals surface area (Å²) in [6, 6.07) is 5.84. The molecule has 1 aromatic rings. The van der Waals surface area contributed by atoms with E-state index in [9.17, 15) is 4.79 Å². The molecule has 6 heteroatoms. The van der Waals surface area contributed by atoms with Crippen molar-refractivity contribution in [2.45, 2.75) is 32.9 Å². The second-order valence-corrected chi connectivity index (χ2v) is 7.09. The number of hydrogen-bond donors (Lipinski definition) is 1. The van der Waals surface area contributed by atoms with Crippen molar-refractivity contribution in [1.29, 1.82) is 0 Å². The van der Waals surface area contributed by atoms with Crippen molar-refractivity contribution in [1.82, 2.24) is 10.2 Å². The molecule has 1 amide bonds. The zero-order valence-corrected chi connectivity index (χ0v) is 15.2. The van der Waals surface area contributed by atoms with E-state index in [0.717, 1.165) is 10.0 Å². The van der Waals surface area contributed by atoms with Crippen molar-refractivity contribution in [3.63, 3.8) is 0 Å². The van der Waals surface area contributed by atoms with E-state index < -0.39 is 5.60 Å². The quantitative estimate of drug-likeness (QED) is 0.787. The van der Waals surface area contributed by atoms with Gasteiger partial charge in [0.05, 0.1) is 5.02 Å². The minimum Gasteiger partial charge on any atom is -0.444 e. The summed E-state index contributed by atoms with van der Waals surface area (Å²) in [6.07, 6.45) is -0.309. The number of hydrogen-bond acceptors (Lipinski definition) is 3. The molecule has 0 radical (unpaired) electrons. The number of amides is 1. The number of carbonyl (C=O) groups excluding carboxylic acids is 1. The SMILES string of the molecule is CN(CCNCc1ccc(Br)c(Cl)c1)C(=O)OC(C)(C)C. The summed E-state index contributed by atoms with van der Waals surface area (Å²) >= 11 is 9.40. The molecule has 1 rings (SSSR count). The third-order valence-corrected chi connectivity index (χ3v) is 3.87. The Morgan fingerprint density at radius 2 is 2.10 bits per heavy atom. The molecule has 1 N–H and O–H groups in total. The molecule has 0 fully saturated rings. The van der Waals surface area contributed by atoms with Gasteiger partial charge in [-0.15, -0.1) is 0 Å². The summed E-state index contributed by atoms with van der Waals surface area (Å²) in [6.45, 7) is 7.54. The summed E-state index contributed by atoms with van der Waals surface area (Å²) in [5.74, 6) is 0. The fraction of sp³-hybridized carbons (Fsp3) is 0.533. The smallest absolute Gasteiger partial charge is 0.410 e. The maximum Gasteiger partial charge on any atom is 0.410 e. The number of nitrogens with one attached hydrogen (secondary N) is 1. The van der Waals surface area contributed by atoms with E-state index in [-0.39, 0.29) is 6.09 Å². The molecule has 0 heterocycles. The van der Waals surface area contributed by atoms with E-state index in [2.05, 4.69) is 21.2 Å². The zero-order chi connectivity index (χ0) is 16.0. The lowest BCUT2D eigenvalue weighted by atomic mass is 10.2. The first-order valence-electron chi connectivity index (χ1n) is 6.78. The van der Waals surface area contributed by atoms with Crippen LogP contribution in [0.25, 0.3) is 0 Å². The Hall–Kier alpha value is -0.780. The van der Waals surface area contributed by atoms with Crippen LogP contribution in [-0.4, -0.2) is 36.7 Å². The molecular weight excluding hydrogens is 356 g/mol. The van der Waals surface area contributed by atoms with Crippen LogP contribution < -0.4 is 5.32 Å². The predicted octanol–water partition coefficient (Wildman–Crippen LogP) is 4.06. The number of ether oxygens (including phenoxy) is 1. The van der Waals surface area contributed by atoms with Crippen molar-refractivity contribution in [3.8, 4) is 0 Å². The normalized spacial score (nSPS) is 11.3. The Balaban J connectivity index is 2.30. The molecule has 118 valence electrons. The lowest BCUT2D eigenvalue weighted by Gasteiger charge is -2.24. The Kier molecular flexibility index (Phi) is 6.97. The lowest BCUT2D eigenvalue weighted by Crippen LogP contribution is -2.37. The lowest BCUT2D eigenvalue weighted by molar-refractivity contribution is 0.0300. The van der Waals surface area contributed by atoms with Crippen molar-refractivity contribution >= 4 is 33.6 Å². The summed E-state index contributed by atoms with van der Waals surface area (Å²) in [7, 11) is 1.73. The number of halogens is 2. The summed E-state index contributed by atoms with van der Waals surface area (Å²) in [5.41, 5.74) is 0.635. The van der Waals surface area contributed by atoms with Gasteiger partial charge in [0.2, 0.25) is 0 Å². The number of carbonyl (C=O) groups is 1. The van der Waals surface area contributed by atoms with Gasteiger partial charge in [-0.2, -0.15) is 0 Å². The molecule has 0 aliphatic heterocycles. The van der Waals surface area contributed by atoms with Gasteiger partial charge in [0.1, 0.15) is 5.60 Å². The van der Waals surface area contributed by atoms with Crippen LogP contribution in [0.3, 0.4) is 0 Å². The average molecular weight is 378 g/mol. The monoisotopic (exact) mass is 376 g/mol. The molecule has 0 spiro atoms. The molecule has 1 aromatic carbocycles. The highest BCUT2D eigenvalue weighted by molar-refractivity contribution is 9.10. The fourth-order valence-electron chi connectivity index (χ4n) is 1.56. The number of likely N-dealkylation sites (N-methyl/N-ethyl adjacent to an activating group) is 1. The van der Waals surface area contributed by atoms with Crippen LogP contribution in [-0.2, 0) is 11.3 Å². The van der Waals surface area contributed by atoms with Crippen molar-refractivity contribution in [2.75, 3.05) is 20.1 Å². The minimum atomic E-state index is -0.465. The molecule has 0 atom stereocenters. The second kappa shape index (κ2) is 8.01. The average Bonchev–Trinajstić information content (AvgIpc) is 2.36. The standard InChI is InChI=1S/C15H22BrClN2O2/c1-15(2,3)21-14(20)19(4)8-7-18-10-11-5-6-12(16)13(17)9-11/h5-6,9,18H,7-8,10H2,1-4H3. The molecule has 4 nitrogen and oxygen atoms in total. The first kappa shape index (κ1) is 18.3. The van der Waals surface area contributed by atoms with Gasteiger partial charge >= 0.3 is 6.09 Å². The van der Waals surface area contributed by atoms with Gasteiger partial charge in [0.25, 0.3) is 0 Å². The summed E-state index contributed by atoms with van der Waals surface area (Å²) in [4.78, 5) is 13.3. The van der Waals surface area contributed by atoms with Gasteiger partial charge in [-0.1, -0.05) is 17.7 Å². The van der Waals surface area contributed by atoms with E-state index >= 15 is 0 Å². The fourth-order valence-corrected chi connectivity index (χ4v) is 2.01. The molecule has 0 aliphatic carbocycles. The van der Waals surface area contributed by atoms with Crippen molar-refractivity contribution in [2.24, 2.45) is 0 Å². The highest BCUT2D eigenvalue weighted by Crippen LogP contribution is 2.22. The summed E-state index contributed by atoms with van der Waals surface area (Å²) < 4.78 is 6.17. The van der Waals surface area contributed by atoms with Gasteiger partial charge in [0, 0.05) is 31.2 Å². The first-order chi connectivity index (χ1) is 9.69. The van der Waals surface area contributed by atoms with Crippen LogP contribution in [0.1, 0.15) is 26.3 Å². The largest absolute Gasteiger partial charge is 0.444 e. The Morgan fingerprint density at radius 3 is 2.67 bits per heavy atom. The number of benzene rings is 1. The first-order valence-corrected chi connectivity index (χ1v) is 7.95. The highest BCUT2D eigenvalue weighted by Gasteiger charge is 2.18. The maximum atomic E-state index is 11.8. The van der Waals surface area contributed by atoms with Crippen molar-refractivity contribution in [3.05, 3.63) is 33.3 Å². The molecule has 0 aromatic heterocycles. The van der Waals surface area contributed by atoms with Crippen LogP contribution in [0.5, 0.6) is 0 Å². The molecule has 21 heavy (non-hydrogen) atoms. The van der Waals surface area contributed by atoms with Crippen LogP contribution in [0.15, 0.2) is 22.7 Å². The topological polar surface area (TPSA) is 41.6 Å². The van der Waals surface area contributed by atoms with Gasteiger partial charge in [-0.25, -0.2) is 4.79 Å². The molecule has 0 saturated heterocycles. The Bertz CT molecular complexity index is 489. The van der Waals surface area contributed by atoms with Gasteiger partial charge in [-0.05, 0) is 54.4 Å². The Labute approximate surface area is 139 Å². The minimum absolute atomic E-state index is 0.309. The van der Waals surface area contributed by atoms with Crippen molar-refractivity contribution < 1.29 is 9.53 Å². The van der Waals surface area contributed by atoms with Gasteiger partial charge in [0.15, 0.2) is 0 Å². The number of nitrogens with zero attached hydrogens (tertiary/aromatic N) is 1. The molecule has 0 bridgehead atoms. The van der Waals surface area contributed by atoms with E-state index in [1.807, 2.05) is 39.0 Å². The maximum absolute atomic E-state index is 11.8. The predicted molar refractivity (Wildman–Crippen MR) is 89.7 cm³/mol. The highest BCUT2D eigenvalue weighted by atomic mass is 79.9. The van der Waals surface area contributed by atoms with Crippen LogP contribution in [0.4, 0.5) is 4.79 Å². The van der Waals surface area contributed by atoms with E-state index in [1.54, 1.807) is 11.9 Å².